The second kappa shape index (κ2) is 7.27. The number of ether oxygens (including phenoxy) is 1. The summed E-state index contributed by atoms with van der Waals surface area (Å²) in [6.07, 6.45) is 2.02. The van der Waals surface area contributed by atoms with Crippen molar-refractivity contribution >= 4 is 29.0 Å². The van der Waals surface area contributed by atoms with Crippen LogP contribution < -0.4 is 11.1 Å². The van der Waals surface area contributed by atoms with E-state index in [0.717, 1.165) is 19.4 Å². The Morgan fingerprint density at radius 3 is 2.83 bits per heavy atom. The van der Waals surface area contributed by atoms with Crippen LogP contribution in [0, 0.1) is 5.92 Å². The van der Waals surface area contributed by atoms with Gasteiger partial charge in [-0.2, -0.15) is 0 Å². The van der Waals surface area contributed by atoms with Crippen LogP contribution in [0.25, 0.3) is 0 Å². The van der Waals surface area contributed by atoms with E-state index in [-0.39, 0.29) is 11.5 Å². The minimum Gasteiger partial charge on any atom is -0.392 e. The van der Waals surface area contributed by atoms with Crippen LogP contribution in [-0.2, 0) is 14.3 Å². The standard InChI is InChI=1S/C11H19N3O3S/c1-14(6-8-3-2-4-17-7-8)11(16)10(15)13-5-9(12)18/h8H,2-7H2,1H3,(H2,12,18)(H,13,15). The Hall–Kier alpha value is -1.21. The molecule has 1 rings (SSSR count). The fourth-order valence-corrected chi connectivity index (χ4v) is 1.91. The number of nitrogens with one attached hydrogen (secondary N) is 1. The van der Waals surface area contributed by atoms with Gasteiger partial charge in [0.15, 0.2) is 0 Å². The molecule has 3 N–H and O–H groups in total. The molecule has 1 atom stereocenters. The Labute approximate surface area is 112 Å². The molecule has 0 saturated carbocycles. The molecule has 1 heterocycles. The fourth-order valence-electron chi connectivity index (χ4n) is 1.84. The summed E-state index contributed by atoms with van der Waals surface area (Å²) >= 11 is 4.62. The number of carbonyl (C=O) groups is 2. The van der Waals surface area contributed by atoms with Crippen LogP contribution in [0.1, 0.15) is 12.8 Å². The Morgan fingerprint density at radius 1 is 1.56 bits per heavy atom. The van der Waals surface area contributed by atoms with Crippen molar-refractivity contribution in [1.29, 1.82) is 0 Å². The molecule has 102 valence electrons. The predicted molar refractivity (Wildman–Crippen MR) is 71.0 cm³/mol. The molecule has 1 unspecified atom stereocenters. The molecule has 1 saturated heterocycles. The lowest BCUT2D eigenvalue weighted by atomic mass is 10.0. The third-order valence-corrected chi connectivity index (χ3v) is 2.90. The number of carbonyl (C=O) groups excluding carboxylic acids is 2. The van der Waals surface area contributed by atoms with Crippen molar-refractivity contribution in [2.75, 3.05) is 33.4 Å². The monoisotopic (exact) mass is 273 g/mol. The van der Waals surface area contributed by atoms with E-state index >= 15 is 0 Å². The normalized spacial score (nSPS) is 19.1. The van der Waals surface area contributed by atoms with Crippen molar-refractivity contribution in [1.82, 2.24) is 10.2 Å². The highest BCUT2D eigenvalue weighted by Crippen LogP contribution is 2.14. The zero-order chi connectivity index (χ0) is 13.5. The van der Waals surface area contributed by atoms with Crippen LogP contribution in [0.5, 0.6) is 0 Å². The molecule has 0 aromatic heterocycles. The van der Waals surface area contributed by atoms with E-state index in [1.807, 2.05) is 0 Å². The first-order chi connectivity index (χ1) is 8.50. The zero-order valence-electron chi connectivity index (χ0n) is 10.5. The fraction of sp³-hybridized carbons (Fsp3) is 0.727. The molecule has 7 heteroatoms. The molecule has 0 bridgehead atoms. The molecule has 0 spiro atoms. The van der Waals surface area contributed by atoms with Crippen LogP contribution in [0.4, 0.5) is 0 Å². The summed E-state index contributed by atoms with van der Waals surface area (Å²) in [5.41, 5.74) is 5.24. The van der Waals surface area contributed by atoms with Gasteiger partial charge < -0.3 is 20.7 Å². The Morgan fingerprint density at radius 2 is 2.28 bits per heavy atom. The predicted octanol–water partition coefficient (Wildman–Crippen LogP) is -0.726. The van der Waals surface area contributed by atoms with Crippen molar-refractivity contribution in [2.24, 2.45) is 11.7 Å². The summed E-state index contributed by atoms with van der Waals surface area (Å²) in [4.78, 5) is 24.8. The van der Waals surface area contributed by atoms with Gasteiger partial charge in [-0.1, -0.05) is 12.2 Å². The first kappa shape index (κ1) is 14.8. The van der Waals surface area contributed by atoms with Crippen molar-refractivity contribution < 1.29 is 14.3 Å². The topological polar surface area (TPSA) is 84.7 Å². The van der Waals surface area contributed by atoms with Gasteiger partial charge in [-0.25, -0.2) is 0 Å². The van der Waals surface area contributed by atoms with Crippen molar-refractivity contribution in [3.05, 3.63) is 0 Å². The van der Waals surface area contributed by atoms with Crippen LogP contribution in [0.2, 0.25) is 0 Å². The lowest BCUT2D eigenvalue weighted by Gasteiger charge is -2.26. The van der Waals surface area contributed by atoms with Crippen molar-refractivity contribution in [3.8, 4) is 0 Å². The second-order valence-corrected chi connectivity index (χ2v) is 4.94. The van der Waals surface area contributed by atoms with Crippen LogP contribution >= 0.6 is 12.2 Å². The third kappa shape index (κ3) is 4.97. The number of hydrogen-bond acceptors (Lipinski definition) is 4. The average Bonchev–Trinajstić information content (AvgIpc) is 2.36. The van der Waals surface area contributed by atoms with Crippen molar-refractivity contribution in [2.45, 2.75) is 12.8 Å². The molecule has 0 aromatic carbocycles. The SMILES string of the molecule is CN(CC1CCCOC1)C(=O)C(=O)NCC(N)=S. The Balaban J connectivity index is 2.35. The van der Waals surface area contributed by atoms with Gasteiger partial charge in [0.1, 0.15) is 0 Å². The number of nitrogens with two attached hydrogens (primary N) is 1. The van der Waals surface area contributed by atoms with E-state index in [2.05, 4.69) is 17.5 Å². The smallest absolute Gasteiger partial charge is 0.311 e. The maximum absolute atomic E-state index is 11.7. The van der Waals surface area contributed by atoms with E-state index in [0.29, 0.717) is 19.1 Å². The van der Waals surface area contributed by atoms with Gasteiger partial charge in [-0.3, -0.25) is 9.59 Å². The first-order valence-electron chi connectivity index (χ1n) is 5.90. The highest BCUT2D eigenvalue weighted by Gasteiger charge is 2.22. The molecule has 0 radical (unpaired) electrons. The number of rotatable bonds is 4. The molecule has 1 aliphatic heterocycles. The van der Waals surface area contributed by atoms with Crippen LogP contribution in [-0.4, -0.2) is 55.1 Å². The molecule has 18 heavy (non-hydrogen) atoms. The van der Waals surface area contributed by atoms with Gasteiger partial charge in [-0.05, 0) is 18.8 Å². The number of likely N-dealkylation sites (N-methyl/N-ethyl adjacent to an activating group) is 1. The molecule has 6 nitrogen and oxygen atoms in total. The molecule has 0 aliphatic carbocycles. The lowest BCUT2D eigenvalue weighted by Crippen LogP contribution is -2.45. The minimum atomic E-state index is -0.679. The van der Waals surface area contributed by atoms with Crippen LogP contribution in [0.15, 0.2) is 0 Å². The number of hydrogen-bond donors (Lipinski definition) is 2. The lowest BCUT2D eigenvalue weighted by molar-refractivity contribution is -0.145. The van der Waals surface area contributed by atoms with Gasteiger partial charge in [0.2, 0.25) is 0 Å². The second-order valence-electron chi connectivity index (χ2n) is 4.42. The highest BCUT2D eigenvalue weighted by atomic mass is 32.1. The summed E-state index contributed by atoms with van der Waals surface area (Å²) < 4.78 is 5.33. The maximum atomic E-state index is 11.7. The Bertz CT molecular complexity index is 329. The third-order valence-electron chi connectivity index (χ3n) is 2.75. The van der Waals surface area contributed by atoms with E-state index in [4.69, 9.17) is 10.5 Å². The zero-order valence-corrected chi connectivity index (χ0v) is 11.3. The summed E-state index contributed by atoms with van der Waals surface area (Å²) in [6, 6.07) is 0. The van der Waals surface area contributed by atoms with Gasteiger partial charge in [0, 0.05) is 20.2 Å². The van der Waals surface area contributed by atoms with Crippen LogP contribution in [0.3, 0.4) is 0 Å². The quantitative estimate of drug-likeness (QED) is 0.521. The number of amides is 2. The summed E-state index contributed by atoms with van der Waals surface area (Å²) in [7, 11) is 1.61. The van der Waals surface area contributed by atoms with E-state index in [1.54, 1.807) is 7.05 Å². The average molecular weight is 273 g/mol. The number of thiocarbonyl (C=S) groups is 1. The highest BCUT2D eigenvalue weighted by molar-refractivity contribution is 7.80. The maximum Gasteiger partial charge on any atom is 0.311 e. The summed E-state index contributed by atoms with van der Waals surface area (Å²) in [5, 5.41) is 2.37. The van der Waals surface area contributed by atoms with E-state index < -0.39 is 11.8 Å². The molecular weight excluding hydrogens is 254 g/mol. The number of nitrogens with zero attached hydrogens (tertiary/aromatic N) is 1. The first-order valence-corrected chi connectivity index (χ1v) is 6.31. The Kier molecular flexibility index (Phi) is 6.00. The molecule has 0 aromatic rings. The van der Waals surface area contributed by atoms with Gasteiger partial charge in [-0.15, -0.1) is 0 Å². The van der Waals surface area contributed by atoms with E-state index in [1.165, 1.54) is 4.90 Å². The molecule has 1 aliphatic rings. The molecule has 1 fully saturated rings. The summed E-state index contributed by atoms with van der Waals surface area (Å²) in [5.74, 6) is -0.949. The van der Waals surface area contributed by atoms with Gasteiger partial charge in [0.05, 0.1) is 18.1 Å². The van der Waals surface area contributed by atoms with Gasteiger partial charge >= 0.3 is 11.8 Å². The van der Waals surface area contributed by atoms with E-state index in [9.17, 15) is 9.59 Å². The minimum absolute atomic E-state index is 0.0420. The largest absolute Gasteiger partial charge is 0.392 e. The molecule has 2 amide bonds. The molecular formula is C11H19N3O3S. The van der Waals surface area contributed by atoms with Gasteiger partial charge in [0.25, 0.3) is 0 Å². The summed E-state index contributed by atoms with van der Waals surface area (Å²) in [6.45, 7) is 1.99. The van der Waals surface area contributed by atoms with Crippen molar-refractivity contribution in [3.63, 3.8) is 0 Å².